The first-order chi connectivity index (χ1) is 7.90. The highest BCUT2D eigenvalue weighted by Crippen LogP contribution is 2.20. The van der Waals surface area contributed by atoms with Crippen molar-refractivity contribution in [2.45, 2.75) is 31.7 Å². The highest BCUT2D eigenvalue weighted by atomic mass is 127. The van der Waals surface area contributed by atoms with Gasteiger partial charge in [0.15, 0.2) is 0 Å². The van der Waals surface area contributed by atoms with Gasteiger partial charge in [-0.15, -0.1) is 11.6 Å². The first kappa shape index (κ1) is 14.6. The molecule has 2 unspecified atom stereocenters. The molecule has 0 saturated heterocycles. The second-order valence-electron chi connectivity index (χ2n) is 4.06. The number of carbonyl (C=O) groups excluding carboxylic acids is 1. The summed E-state index contributed by atoms with van der Waals surface area (Å²) < 4.78 is 0.724. The van der Waals surface area contributed by atoms with Crippen LogP contribution in [0.2, 0.25) is 0 Å². The number of halogens is 2. The number of alkyl halides is 1. The summed E-state index contributed by atoms with van der Waals surface area (Å²) in [6.07, 6.45) is 0.712. The Morgan fingerprint density at radius 1 is 1.53 bits per heavy atom. The lowest BCUT2D eigenvalue weighted by Gasteiger charge is -2.15. The number of rotatable bonds is 4. The largest absolute Gasteiger partial charge is 0.507 e. The van der Waals surface area contributed by atoms with Crippen LogP contribution in [0, 0.1) is 3.57 Å². The lowest BCUT2D eigenvalue weighted by Crippen LogP contribution is -2.33. The number of nitrogens with one attached hydrogen (secondary N) is 1. The first-order valence-electron chi connectivity index (χ1n) is 5.33. The molecule has 94 valence electrons. The standard InChI is InChI=1S/C12H15ClINO2/c1-7(13)5-8(2)15-12(17)9-3-4-10(14)11(16)6-9/h3-4,6-8,16H,5H2,1-2H3,(H,15,17). The molecule has 0 aliphatic carbocycles. The molecule has 0 aliphatic rings. The maximum absolute atomic E-state index is 11.8. The van der Waals surface area contributed by atoms with Crippen LogP contribution in [0.5, 0.6) is 5.75 Å². The van der Waals surface area contributed by atoms with Gasteiger partial charge in [-0.1, -0.05) is 0 Å². The molecule has 0 aromatic heterocycles. The average molecular weight is 368 g/mol. The number of aromatic hydroxyl groups is 1. The second kappa shape index (κ2) is 6.44. The van der Waals surface area contributed by atoms with Crippen LogP contribution in [-0.2, 0) is 0 Å². The Morgan fingerprint density at radius 2 is 2.18 bits per heavy atom. The van der Waals surface area contributed by atoms with Gasteiger partial charge in [0.25, 0.3) is 5.91 Å². The minimum atomic E-state index is -0.193. The third-order valence-electron chi connectivity index (χ3n) is 2.26. The zero-order chi connectivity index (χ0) is 13.0. The van der Waals surface area contributed by atoms with Gasteiger partial charge in [0.1, 0.15) is 5.75 Å². The van der Waals surface area contributed by atoms with E-state index in [-0.39, 0.29) is 23.1 Å². The van der Waals surface area contributed by atoms with Crippen molar-refractivity contribution in [3.05, 3.63) is 27.3 Å². The molecule has 0 spiro atoms. The van der Waals surface area contributed by atoms with Crippen molar-refractivity contribution in [2.24, 2.45) is 0 Å². The van der Waals surface area contributed by atoms with E-state index in [2.05, 4.69) is 5.32 Å². The number of hydrogen-bond acceptors (Lipinski definition) is 2. The Kier molecular flexibility index (Phi) is 5.52. The summed E-state index contributed by atoms with van der Waals surface area (Å²) in [5.74, 6) is -0.0712. The number of hydrogen-bond donors (Lipinski definition) is 2. The summed E-state index contributed by atoms with van der Waals surface area (Å²) in [6.45, 7) is 3.80. The number of benzene rings is 1. The summed E-state index contributed by atoms with van der Waals surface area (Å²) in [6, 6.07) is 4.87. The summed E-state index contributed by atoms with van der Waals surface area (Å²) in [7, 11) is 0. The maximum Gasteiger partial charge on any atom is 0.251 e. The Hall–Kier alpha value is -0.490. The van der Waals surface area contributed by atoms with Crippen molar-refractivity contribution in [1.29, 1.82) is 0 Å². The lowest BCUT2D eigenvalue weighted by atomic mass is 10.1. The molecule has 1 amide bonds. The van der Waals surface area contributed by atoms with Crippen LogP contribution in [0.4, 0.5) is 0 Å². The summed E-state index contributed by atoms with van der Waals surface area (Å²) in [5, 5.41) is 12.4. The van der Waals surface area contributed by atoms with E-state index in [1.54, 1.807) is 12.1 Å². The van der Waals surface area contributed by atoms with Crippen molar-refractivity contribution in [3.8, 4) is 5.75 Å². The molecule has 0 bridgehead atoms. The fourth-order valence-corrected chi connectivity index (χ4v) is 2.11. The Morgan fingerprint density at radius 3 is 2.71 bits per heavy atom. The molecule has 5 heteroatoms. The van der Waals surface area contributed by atoms with Gasteiger partial charge in [-0.05, 0) is 61.1 Å². The van der Waals surface area contributed by atoms with E-state index in [1.807, 2.05) is 36.4 Å². The molecule has 2 atom stereocenters. The minimum absolute atomic E-state index is 0.0106. The normalized spacial score (nSPS) is 14.1. The van der Waals surface area contributed by atoms with Gasteiger partial charge in [0.05, 0.1) is 3.57 Å². The van der Waals surface area contributed by atoms with E-state index in [4.69, 9.17) is 11.6 Å². The Bertz CT molecular complexity index is 409. The zero-order valence-electron chi connectivity index (χ0n) is 9.71. The molecular formula is C12H15ClINO2. The summed E-state index contributed by atoms with van der Waals surface area (Å²) in [5.41, 5.74) is 0.456. The van der Waals surface area contributed by atoms with Gasteiger partial charge in [0, 0.05) is 17.0 Å². The zero-order valence-corrected chi connectivity index (χ0v) is 12.6. The van der Waals surface area contributed by atoms with Crippen molar-refractivity contribution in [3.63, 3.8) is 0 Å². The molecule has 0 fully saturated rings. The van der Waals surface area contributed by atoms with Crippen molar-refractivity contribution < 1.29 is 9.90 Å². The van der Waals surface area contributed by atoms with E-state index >= 15 is 0 Å². The van der Waals surface area contributed by atoms with Crippen LogP contribution in [0.3, 0.4) is 0 Å². The average Bonchev–Trinajstić information content (AvgIpc) is 2.20. The molecular weight excluding hydrogens is 352 g/mol. The van der Waals surface area contributed by atoms with E-state index in [9.17, 15) is 9.90 Å². The highest BCUT2D eigenvalue weighted by Gasteiger charge is 2.12. The van der Waals surface area contributed by atoms with Crippen LogP contribution >= 0.6 is 34.2 Å². The van der Waals surface area contributed by atoms with Gasteiger partial charge in [-0.3, -0.25) is 4.79 Å². The van der Waals surface area contributed by atoms with Crippen molar-refractivity contribution in [2.75, 3.05) is 0 Å². The van der Waals surface area contributed by atoms with Crippen LogP contribution in [0.15, 0.2) is 18.2 Å². The summed E-state index contributed by atoms with van der Waals surface area (Å²) >= 11 is 7.86. The predicted molar refractivity (Wildman–Crippen MR) is 77.7 cm³/mol. The van der Waals surface area contributed by atoms with Gasteiger partial charge in [-0.25, -0.2) is 0 Å². The molecule has 1 aromatic carbocycles. The Labute approximate surface area is 120 Å². The van der Waals surface area contributed by atoms with Crippen LogP contribution < -0.4 is 5.32 Å². The third kappa shape index (κ3) is 4.71. The third-order valence-corrected chi connectivity index (χ3v) is 3.35. The number of amides is 1. The molecule has 0 aliphatic heterocycles. The van der Waals surface area contributed by atoms with E-state index in [0.29, 0.717) is 12.0 Å². The molecule has 17 heavy (non-hydrogen) atoms. The van der Waals surface area contributed by atoms with Crippen LogP contribution in [0.1, 0.15) is 30.6 Å². The quantitative estimate of drug-likeness (QED) is 0.634. The number of phenols is 1. The number of carbonyl (C=O) groups is 1. The number of phenolic OH excluding ortho intramolecular Hbond substituents is 1. The molecule has 0 heterocycles. The minimum Gasteiger partial charge on any atom is -0.507 e. The fraction of sp³-hybridized carbons (Fsp3) is 0.417. The van der Waals surface area contributed by atoms with Crippen LogP contribution in [0.25, 0.3) is 0 Å². The van der Waals surface area contributed by atoms with Crippen molar-refractivity contribution in [1.82, 2.24) is 5.32 Å². The van der Waals surface area contributed by atoms with Gasteiger partial charge >= 0.3 is 0 Å². The lowest BCUT2D eigenvalue weighted by molar-refractivity contribution is 0.0938. The predicted octanol–water partition coefficient (Wildman–Crippen LogP) is 3.13. The van der Waals surface area contributed by atoms with Gasteiger partial charge in [0.2, 0.25) is 0 Å². The molecule has 0 radical (unpaired) electrons. The SMILES string of the molecule is CC(Cl)CC(C)NC(=O)c1ccc(I)c(O)c1. The second-order valence-corrected chi connectivity index (χ2v) is 5.96. The van der Waals surface area contributed by atoms with Crippen LogP contribution in [-0.4, -0.2) is 22.4 Å². The maximum atomic E-state index is 11.8. The van der Waals surface area contributed by atoms with Crippen molar-refractivity contribution >= 4 is 40.1 Å². The Balaban J connectivity index is 2.66. The van der Waals surface area contributed by atoms with Gasteiger partial charge in [-0.2, -0.15) is 0 Å². The monoisotopic (exact) mass is 367 g/mol. The fourth-order valence-electron chi connectivity index (χ4n) is 1.51. The molecule has 0 saturated carbocycles. The topological polar surface area (TPSA) is 49.3 Å². The van der Waals surface area contributed by atoms with E-state index < -0.39 is 0 Å². The summed E-state index contributed by atoms with van der Waals surface area (Å²) in [4.78, 5) is 11.8. The van der Waals surface area contributed by atoms with E-state index in [0.717, 1.165) is 3.57 Å². The molecule has 2 N–H and O–H groups in total. The van der Waals surface area contributed by atoms with Gasteiger partial charge < -0.3 is 10.4 Å². The molecule has 1 aromatic rings. The molecule has 1 rings (SSSR count). The van der Waals surface area contributed by atoms with E-state index in [1.165, 1.54) is 6.07 Å². The highest BCUT2D eigenvalue weighted by molar-refractivity contribution is 14.1. The molecule has 3 nitrogen and oxygen atoms in total. The first-order valence-corrected chi connectivity index (χ1v) is 6.85. The smallest absolute Gasteiger partial charge is 0.251 e.